The van der Waals surface area contributed by atoms with E-state index in [1.807, 2.05) is 0 Å². The van der Waals surface area contributed by atoms with Crippen LogP contribution in [0.2, 0.25) is 0 Å². The van der Waals surface area contributed by atoms with Crippen LogP contribution in [0.15, 0.2) is 9.59 Å². The number of hydrogen-bond acceptors (Lipinski definition) is 2. The first kappa shape index (κ1) is 7.04. The predicted octanol–water partition coefficient (Wildman–Crippen LogP) is -0.354. The highest BCUT2D eigenvalue weighted by molar-refractivity contribution is 4.88. The summed E-state index contributed by atoms with van der Waals surface area (Å²) >= 11 is 0. The maximum atomic E-state index is 11.3. The van der Waals surface area contributed by atoms with Gasteiger partial charge in [-0.2, -0.15) is 13.2 Å². The van der Waals surface area contributed by atoms with Crippen molar-refractivity contribution in [3.8, 4) is 0 Å². The van der Waals surface area contributed by atoms with Crippen LogP contribution in [0.1, 0.15) is 0 Å². The molecule has 0 saturated heterocycles. The lowest BCUT2D eigenvalue weighted by atomic mass is 10.6. The third-order valence-electron chi connectivity index (χ3n) is 0.961. The zero-order valence-corrected chi connectivity index (χ0v) is 4.60. The van der Waals surface area contributed by atoms with Crippen molar-refractivity contribution >= 4 is 0 Å². The Morgan fingerprint density at radius 3 is 1.70 bits per heavy atom. The fourth-order valence-corrected chi connectivity index (χ4v) is 0.487. The van der Waals surface area contributed by atoms with E-state index in [0.29, 0.717) is 0 Å². The van der Waals surface area contributed by atoms with E-state index in [0.717, 1.165) is 0 Å². The Morgan fingerprint density at radius 2 is 1.60 bits per heavy atom. The largest absolute Gasteiger partial charge is 0.406 e. The second-order valence-electron chi connectivity index (χ2n) is 1.81. The topological polar surface area (TPSA) is 39.1 Å². The maximum Gasteiger partial charge on any atom is 0.406 e. The average Bonchev–Trinajstić information content (AvgIpc) is 2.19. The van der Waals surface area contributed by atoms with Gasteiger partial charge >= 0.3 is 17.3 Å². The summed E-state index contributed by atoms with van der Waals surface area (Å²) in [6.45, 7) is -1.45. The van der Waals surface area contributed by atoms with Crippen molar-refractivity contribution in [3.63, 3.8) is 0 Å². The molecule has 1 rings (SSSR count). The molecule has 10 heavy (non-hydrogen) atoms. The van der Waals surface area contributed by atoms with Gasteiger partial charge in [-0.15, -0.1) is 0 Å². The van der Waals surface area contributed by atoms with Gasteiger partial charge in [-0.25, -0.2) is 0 Å². The van der Waals surface area contributed by atoms with Crippen LogP contribution >= 0.6 is 0 Å². The van der Waals surface area contributed by atoms with Crippen molar-refractivity contribution in [3.05, 3.63) is 20.7 Å². The Labute approximate surface area is 52.4 Å². The van der Waals surface area contributed by atoms with Crippen LogP contribution in [-0.2, 0) is 6.54 Å². The Bertz CT molecular complexity index is 278. The number of alkyl halides is 3. The fourth-order valence-electron chi connectivity index (χ4n) is 0.487. The number of halogens is 3. The molecule has 1 aromatic heterocycles. The van der Waals surface area contributed by atoms with E-state index in [4.69, 9.17) is 0 Å². The Kier molecular flexibility index (Phi) is 1.20. The highest BCUT2D eigenvalue weighted by Crippen LogP contribution is 2.15. The van der Waals surface area contributed by atoms with Crippen molar-refractivity contribution in [1.82, 2.24) is 4.57 Å². The van der Waals surface area contributed by atoms with E-state index >= 15 is 0 Å². The van der Waals surface area contributed by atoms with Crippen LogP contribution in [-0.4, -0.2) is 10.7 Å². The van der Waals surface area contributed by atoms with Gasteiger partial charge in [0.1, 0.15) is 6.54 Å². The quantitative estimate of drug-likeness (QED) is 0.517. The summed E-state index contributed by atoms with van der Waals surface area (Å²) in [4.78, 5) is 19.9. The molecule has 0 aliphatic heterocycles. The highest BCUT2D eigenvalue weighted by Gasteiger charge is 2.33. The van der Waals surface area contributed by atoms with Crippen molar-refractivity contribution in [1.29, 1.82) is 0 Å². The summed E-state index contributed by atoms with van der Waals surface area (Å²) in [5.41, 5.74) is -2.12. The molecule has 6 heteroatoms. The zero-order chi connectivity index (χ0) is 7.94. The standard InChI is InChI=1S/C4H2F3NO2/c5-4(6,7)1-8-2(9)3(8)10/h1H2. The van der Waals surface area contributed by atoms with E-state index in [1.165, 1.54) is 0 Å². The normalized spacial score (nSPS) is 12.7. The van der Waals surface area contributed by atoms with E-state index < -0.39 is 23.8 Å². The number of rotatable bonds is 1. The second-order valence-corrected chi connectivity index (χ2v) is 1.81. The maximum absolute atomic E-state index is 11.3. The molecule has 0 radical (unpaired) electrons. The molecule has 0 aliphatic rings. The van der Waals surface area contributed by atoms with Crippen molar-refractivity contribution in [2.45, 2.75) is 12.7 Å². The third kappa shape index (κ3) is 1.26. The minimum absolute atomic E-state index is 0.139. The molecule has 0 unspecified atom stereocenters. The van der Waals surface area contributed by atoms with Crippen LogP contribution < -0.4 is 11.1 Å². The monoisotopic (exact) mass is 153 g/mol. The smallest absolute Gasteiger partial charge is 0.263 e. The molecular weight excluding hydrogens is 151 g/mol. The first-order valence-corrected chi connectivity index (χ1v) is 2.34. The summed E-state index contributed by atoms with van der Waals surface area (Å²) in [5, 5.41) is 0. The summed E-state index contributed by atoms with van der Waals surface area (Å²) in [6.07, 6.45) is -4.47. The molecule has 0 spiro atoms. The van der Waals surface area contributed by atoms with Crippen LogP contribution in [0, 0.1) is 0 Å². The third-order valence-corrected chi connectivity index (χ3v) is 0.961. The van der Waals surface area contributed by atoms with Crippen molar-refractivity contribution in [2.75, 3.05) is 0 Å². The lowest BCUT2D eigenvalue weighted by Crippen LogP contribution is -2.16. The molecule has 1 heterocycles. The minimum Gasteiger partial charge on any atom is -0.263 e. The Balaban J connectivity index is 2.68. The summed E-state index contributed by atoms with van der Waals surface area (Å²) in [5.74, 6) is 0. The van der Waals surface area contributed by atoms with E-state index in [2.05, 4.69) is 0 Å². The molecular formula is C4H2F3NO2. The molecule has 0 atom stereocenters. The zero-order valence-electron chi connectivity index (χ0n) is 4.60. The molecule has 0 fully saturated rings. The molecule has 1 aromatic rings. The van der Waals surface area contributed by atoms with Gasteiger partial charge in [-0.05, 0) is 0 Å². The summed E-state index contributed by atoms with van der Waals surface area (Å²) in [6, 6.07) is 0. The molecule has 0 N–H and O–H groups in total. The molecule has 0 saturated carbocycles. The second kappa shape index (κ2) is 1.71. The molecule has 0 bridgehead atoms. The van der Waals surface area contributed by atoms with E-state index in [9.17, 15) is 22.8 Å². The Morgan fingerprint density at radius 1 is 1.20 bits per heavy atom. The highest BCUT2D eigenvalue weighted by atomic mass is 19.4. The summed E-state index contributed by atoms with van der Waals surface area (Å²) < 4.78 is 34.2. The van der Waals surface area contributed by atoms with Crippen LogP contribution in [0.4, 0.5) is 13.2 Å². The van der Waals surface area contributed by atoms with E-state index in [-0.39, 0.29) is 4.57 Å². The molecule has 0 aromatic carbocycles. The lowest BCUT2D eigenvalue weighted by molar-refractivity contribution is -0.139. The fraction of sp³-hybridized carbons (Fsp3) is 0.500. The summed E-state index contributed by atoms with van der Waals surface area (Å²) in [7, 11) is 0. The van der Waals surface area contributed by atoms with Crippen molar-refractivity contribution in [2.24, 2.45) is 0 Å². The first-order chi connectivity index (χ1) is 4.42. The first-order valence-electron chi connectivity index (χ1n) is 2.34. The van der Waals surface area contributed by atoms with Crippen LogP contribution in [0.3, 0.4) is 0 Å². The number of aromatic nitrogens is 1. The van der Waals surface area contributed by atoms with Gasteiger partial charge in [0.05, 0.1) is 0 Å². The average molecular weight is 153 g/mol. The van der Waals surface area contributed by atoms with Crippen molar-refractivity contribution < 1.29 is 13.2 Å². The molecule has 0 aliphatic carbocycles. The predicted molar refractivity (Wildman–Crippen MR) is 25.4 cm³/mol. The van der Waals surface area contributed by atoms with E-state index in [1.54, 1.807) is 0 Å². The minimum atomic E-state index is -4.47. The number of hydrogen-bond donors (Lipinski definition) is 0. The molecule has 56 valence electrons. The van der Waals surface area contributed by atoms with Gasteiger partial charge < -0.3 is 0 Å². The van der Waals surface area contributed by atoms with Gasteiger partial charge in [-0.3, -0.25) is 14.2 Å². The molecule has 0 amide bonds. The van der Waals surface area contributed by atoms with Gasteiger partial charge in [0.15, 0.2) is 0 Å². The van der Waals surface area contributed by atoms with Crippen LogP contribution in [0.5, 0.6) is 0 Å². The lowest BCUT2D eigenvalue weighted by Gasteiger charge is -1.99. The molecule has 3 nitrogen and oxygen atoms in total. The van der Waals surface area contributed by atoms with Gasteiger partial charge in [0.25, 0.3) is 0 Å². The van der Waals surface area contributed by atoms with Gasteiger partial charge in [0, 0.05) is 0 Å². The number of nitrogens with zero attached hydrogens (tertiary/aromatic N) is 1. The Hall–Kier alpha value is -1.07. The van der Waals surface area contributed by atoms with Crippen LogP contribution in [0.25, 0.3) is 0 Å². The van der Waals surface area contributed by atoms with Gasteiger partial charge in [0.2, 0.25) is 0 Å². The SMILES string of the molecule is O=c1c(=O)n1CC(F)(F)F. The van der Waals surface area contributed by atoms with Gasteiger partial charge in [-0.1, -0.05) is 0 Å².